The maximum atomic E-state index is 4.47. The van der Waals surface area contributed by atoms with Crippen LogP contribution in [0.5, 0.6) is 0 Å². The van der Waals surface area contributed by atoms with Gasteiger partial charge in [0.1, 0.15) is 0 Å². The minimum absolute atomic E-state index is 0. The highest BCUT2D eigenvalue weighted by atomic mass is 35.5. The van der Waals surface area contributed by atoms with Crippen LogP contribution >= 0.6 is 0 Å². The highest BCUT2D eigenvalue weighted by Crippen LogP contribution is 2.66. The van der Waals surface area contributed by atoms with Gasteiger partial charge in [0.15, 0.2) is 0 Å². The van der Waals surface area contributed by atoms with Crippen LogP contribution in [-0.2, 0) is 6.54 Å². The monoisotopic (exact) mass is 305 g/mol. The van der Waals surface area contributed by atoms with Crippen LogP contribution in [0, 0.1) is 16.7 Å². The Hall–Kier alpha value is -0.600. The van der Waals surface area contributed by atoms with E-state index < -0.39 is 0 Å². The van der Waals surface area contributed by atoms with Crippen molar-refractivity contribution in [3.8, 4) is 0 Å². The molecule has 1 aromatic heterocycles. The molecule has 3 heteroatoms. The molecule has 1 aromatic rings. The summed E-state index contributed by atoms with van der Waals surface area (Å²) in [4.78, 5) is 4.47. The molecule has 1 N–H and O–H groups in total. The standard InChI is InChI=1S/C18H26N2.ClH/c1-16-7-14-8-17(2,11-16)13-18(9-14,12-16)20-10-15-5-3-4-6-19-15;/h3-6,14,20H,7-13H2,1-2H3;1H/p-1. The molecule has 0 saturated heterocycles. The van der Waals surface area contributed by atoms with Gasteiger partial charge in [0.25, 0.3) is 0 Å². The van der Waals surface area contributed by atoms with Gasteiger partial charge >= 0.3 is 0 Å². The molecule has 4 aliphatic carbocycles. The van der Waals surface area contributed by atoms with E-state index in [0.29, 0.717) is 16.4 Å². The fourth-order valence-corrected chi connectivity index (χ4v) is 6.43. The average Bonchev–Trinajstić information content (AvgIpc) is 2.33. The van der Waals surface area contributed by atoms with Gasteiger partial charge < -0.3 is 17.7 Å². The third kappa shape index (κ3) is 2.73. The largest absolute Gasteiger partial charge is 1.00 e. The van der Waals surface area contributed by atoms with Crippen LogP contribution in [0.25, 0.3) is 0 Å². The number of aromatic nitrogens is 1. The lowest BCUT2D eigenvalue weighted by molar-refractivity contribution is -0.118. The molecule has 116 valence electrons. The van der Waals surface area contributed by atoms with Gasteiger partial charge in [-0.3, -0.25) is 4.98 Å². The van der Waals surface area contributed by atoms with Gasteiger partial charge in [-0.25, -0.2) is 0 Å². The van der Waals surface area contributed by atoms with E-state index in [9.17, 15) is 0 Å². The molecular formula is C18H26ClN2-. The summed E-state index contributed by atoms with van der Waals surface area (Å²) in [5.74, 6) is 0.956. The molecule has 0 aromatic carbocycles. The lowest BCUT2D eigenvalue weighted by Crippen LogP contribution is -3.00. The van der Waals surface area contributed by atoms with Crippen LogP contribution in [0.1, 0.15) is 58.1 Å². The van der Waals surface area contributed by atoms with Crippen molar-refractivity contribution in [1.29, 1.82) is 0 Å². The van der Waals surface area contributed by atoms with Crippen LogP contribution in [0.3, 0.4) is 0 Å². The molecule has 21 heavy (non-hydrogen) atoms. The van der Waals surface area contributed by atoms with E-state index in [0.717, 1.165) is 12.5 Å². The van der Waals surface area contributed by atoms with E-state index in [-0.39, 0.29) is 12.4 Å². The minimum atomic E-state index is 0. The zero-order valence-electron chi connectivity index (χ0n) is 13.2. The average molecular weight is 306 g/mol. The molecule has 1 heterocycles. The van der Waals surface area contributed by atoms with Crippen LogP contribution < -0.4 is 17.7 Å². The van der Waals surface area contributed by atoms with Crippen LogP contribution in [0.15, 0.2) is 24.4 Å². The molecule has 2 nitrogen and oxygen atoms in total. The first-order chi connectivity index (χ1) is 9.49. The maximum absolute atomic E-state index is 4.47. The van der Waals surface area contributed by atoms with Gasteiger partial charge in [-0.15, -0.1) is 0 Å². The molecule has 4 aliphatic rings. The molecule has 0 spiro atoms. The van der Waals surface area contributed by atoms with Gasteiger partial charge in [-0.1, -0.05) is 19.9 Å². The number of halogens is 1. The molecular weight excluding hydrogens is 280 g/mol. The summed E-state index contributed by atoms with van der Waals surface area (Å²) in [7, 11) is 0. The van der Waals surface area contributed by atoms with Crippen molar-refractivity contribution in [2.45, 2.75) is 64.5 Å². The van der Waals surface area contributed by atoms with E-state index in [1.165, 1.54) is 44.2 Å². The summed E-state index contributed by atoms with van der Waals surface area (Å²) in [6, 6.07) is 6.22. The smallest absolute Gasteiger partial charge is 0.0541 e. The Morgan fingerprint density at radius 1 is 1.10 bits per heavy atom. The zero-order chi connectivity index (χ0) is 13.8. The summed E-state index contributed by atoms with van der Waals surface area (Å²) < 4.78 is 0. The normalized spacial score (nSPS) is 43.6. The van der Waals surface area contributed by atoms with Crippen molar-refractivity contribution < 1.29 is 12.4 Å². The van der Waals surface area contributed by atoms with Crippen LogP contribution in [-0.4, -0.2) is 10.5 Å². The summed E-state index contributed by atoms with van der Waals surface area (Å²) in [6.07, 6.45) is 10.4. The van der Waals surface area contributed by atoms with Gasteiger partial charge in [-0.05, 0) is 67.4 Å². The van der Waals surface area contributed by atoms with E-state index in [4.69, 9.17) is 0 Å². The lowest BCUT2D eigenvalue weighted by atomic mass is 9.43. The predicted molar refractivity (Wildman–Crippen MR) is 81.2 cm³/mol. The Labute approximate surface area is 134 Å². The quantitative estimate of drug-likeness (QED) is 0.898. The number of hydrogen-bond donors (Lipinski definition) is 1. The molecule has 4 fully saturated rings. The summed E-state index contributed by atoms with van der Waals surface area (Å²) in [6.45, 7) is 6.00. The minimum Gasteiger partial charge on any atom is -1.00 e. The highest BCUT2D eigenvalue weighted by molar-refractivity contribution is 5.15. The van der Waals surface area contributed by atoms with Crippen molar-refractivity contribution in [1.82, 2.24) is 10.3 Å². The molecule has 4 saturated carbocycles. The zero-order valence-corrected chi connectivity index (χ0v) is 13.9. The first-order valence-corrected chi connectivity index (χ1v) is 8.13. The van der Waals surface area contributed by atoms with Gasteiger partial charge in [0.2, 0.25) is 0 Å². The molecule has 0 radical (unpaired) electrons. The Bertz CT molecular complexity index is 497. The molecule has 0 aliphatic heterocycles. The number of nitrogens with one attached hydrogen (secondary N) is 1. The third-order valence-corrected chi connectivity index (χ3v) is 6.00. The number of rotatable bonds is 3. The van der Waals surface area contributed by atoms with Gasteiger partial charge in [-0.2, -0.15) is 0 Å². The van der Waals surface area contributed by atoms with Crippen LogP contribution in [0.2, 0.25) is 0 Å². The van der Waals surface area contributed by atoms with Crippen molar-refractivity contribution >= 4 is 0 Å². The van der Waals surface area contributed by atoms with E-state index in [1.54, 1.807) is 0 Å². The first kappa shape index (κ1) is 15.3. The Kier molecular flexibility index (Phi) is 3.61. The highest BCUT2D eigenvalue weighted by Gasteiger charge is 2.59. The number of pyridine rings is 1. The molecule has 2 unspecified atom stereocenters. The lowest BCUT2D eigenvalue weighted by Gasteiger charge is -2.65. The van der Waals surface area contributed by atoms with Crippen molar-refractivity contribution in [3.05, 3.63) is 30.1 Å². The van der Waals surface area contributed by atoms with E-state index >= 15 is 0 Å². The second-order valence-electron chi connectivity index (χ2n) is 8.59. The van der Waals surface area contributed by atoms with Gasteiger partial charge in [0.05, 0.1) is 5.69 Å². The fraction of sp³-hybridized carbons (Fsp3) is 0.722. The third-order valence-electron chi connectivity index (χ3n) is 6.00. The maximum Gasteiger partial charge on any atom is 0.0541 e. The second-order valence-corrected chi connectivity index (χ2v) is 8.59. The predicted octanol–water partition coefficient (Wildman–Crippen LogP) is 0.924. The van der Waals surface area contributed by atoms with Crippen molar-refractivity contribution in [3.63, 3.8) is 0 Å². The first-order valence-electron chi connectivity index (χ1n) is 8.13. The Morgan fingerprint density at radius 3 is 2.38 bits per heavy atom. The fourth-order valence-electron chi connectivity index (χ4n) is 6.43. The van der Waals surface area contributed by atoms with Crippen molar-refractivity contribution in [2.75, 3.05) is 0 Å². The summed E-state index contributed by atoms with van der Waals surface area (Å²) in [5.41, 5.74) is 2.75. The number of nitrogens with zero attached hydrogens (tertiary/aromatic N) is 1. The molecule has 0 amide bonds. The van der Waals surface area contributed by atoms with E-state index in [1.807, 2.05) is 12.3 Å². The van der Waals surface area contributed by atoms with Gasteiger partial charge in [0, 0.05) is 18.3 Å². The topological polar surface area (TPSA) is 24.9 Å². The molecule has 5 rings (SSSR count). The summed E-state index contributed by atoms with van der Waals surface area (Å²) >= 11 is 0. The number of hydrogen-bond acceptors (Lipinski definition) is 2. The molecule has 2 atom stereocenters. The van der Waals surface area contributed by atoms with Crippen LogP contribution in [0.4, 0.5) is 0 Å². The SMILES string of the molecule is CC12CC3CC(C)(C1)CC(NCc1ccccn1)(C3)C2.[Cl-]. The molecule has 4 bridgehead atoms. The van der Waals surface area contributed by atoms with E-state index in [2.05, 4.69) is 36.3 Å². The second kappa shape index (κ2) is 4.96. The Morgan fingerprint density at radius 2 is 1.81 bits per heavy atom. The van der Waals surface area contributed by atoms with Crippen molar-refractivity contribution in [2.24, 2.45) is 16.7 Å². The Balaban J connectivity index is 0.00000132. The summed E-state index contributed by atoms with van der Waals surface area (Å²) in [5, 5.41) is 3.93.